The maximum atomic E-state index is 11.0. The SMILES string of the molecule is CCCNc1nc(N)n(-c2ccccc2[N+](=O)[O-])n1. The Morgan fingerprint density at radius 3 is 2.89 bits per heavy atom. The van der Waals surface area contributed by atoms with Gasteiger partial charge in [0.1, 0.15) is 5.69 Å². The fourth-order valence-electron chi connectivity index (χ4n) is 1.61. The summed E-state index contributed by atoms with van der Waals surface area (Å²) < 4.78 is 1.26. The minimum atomic E-state index is -0.477. The molecule has 19 heavy (non-hydrogen) atoms. The second kappa shape index (κ2) is 5.34. The number of para-hydroxylation sites is 2. The highest BCUT2D eigenvalue weighted by atomic mass is 16.6. The molecule has 1 aromatic heterocycles. The first kappa shape index (κ1) is 12.8. The van der Waals surface area contributed by atoms with Crippen LogP contribution < -0.4 is 11.1 Å². The topological polar surface area (TPSA) is 112 Å². The number of hydrogen-bond acceptors (Lipinski definition) is 6. The number of anilines is 2. The fourth-order valence-corrected chi connectivity index (χ4v) is 1.61. The molecule has 3 N–H and O–H groups in total. The number of nitrogens with two attached hydrogens (primary N) is 1. The summed E-state index contributed by atoms with van der Waals surface area (Å²) in [7, 11) is 0. The number of nitrogen functional groups attached to an aromatic ring is 1. The molecule has 1 aromatic carbocycles. The molecule has 0 spiro atoms. The summed E-state index contributed by atoms with van der Waals surface area (Å²) in [5.41, 5.74) is 5.97. The van der Waals surface area contributed by atoms with Gasteiger partial charge in [-0.25, -0.2) is 0 Å². The van der Waals surface area contributed by atoms with Crippen molar-refractivity contribution in [2.45, 2.75) is 13.3 Å². The van der Waals surface area contributed by atoms with Gasteiger partial charge in [0.15, 0.2) is 0 Å². The van der Waals surface area contributed by atoms with E-state index in [-0.39, 0.29) is 11.6 Å². The van der Waals surface area contributed by atoms with Crippen LogP contribution in [0.2, 0.25) is 0 Å². The molecule has 2 rings (SSSR count). The van der Waals surface area contributed by atoms with Gasteiger partial charge in [-0.3, -0.25) is 10.1 Å². The van der Waals surface area contributed by atoms with Crippen molar-refractivity contribution in [3.63, 3.8) is 0 Å². The summed E-state index contributed by atoms with van der Waals surface area (Å²) in [6.45, 7) is 2.72. The molecule has 0 saturated heterocycles. The third-order valence-corrected chi connectivity index (χ3v) is 2.47. The van der Waals surface area contributed by atoms with Crippen LogP contribution in [0.1, 0.15) is 13.3 Å². The van der Waals surface area contributed by atoms with Crippen molar-refractivity contribution in [3.8, 4) is 5.69 Å². The molecule has 2 aromatic rings. The first-order valence-electron chi connectivity index (χ1n) is 5.83. The molecule has 0 amide bonds. The largest absolute Gasteiger partial charge is 0.368 e. The molecular formula is C11H14N6O2. The lowest BCUT2D eigenvalue weighted by Gasteiger charge is -2.02. The highest BCUT2D eigenvalue weighted by Crippen LogP contribution is 2.24. The highest BCUT2D eigenvalue weighted by molar-refractivity contribution is 5.55. The number of nitrogens with one attached hydrogen (secondary N) is 1. The minimum Gasteiger partial charge on any atom is -0.368 e. The van der Waals surface area contributed by atoms with Crippen molar-refractivity contribution < 1.29 is 4.92 Å². The average Bonchev–Trinajstić information content (AvgIpc) is 2.77. The van der Waals surface area contributed by atoms with E-state index < -0.39 is 4.92 Å². The first-order chi connectivity index (χ1) is 9.13. The van der Waals surface area contributed by atoms with Gasteiger partial charge in [-0.2, -0.15) is 9.67 Å². The van der Waals surface area contributed by atoms with E-state index in [4.69, 9.17) is 5.73 Å². The molecule has 0 unspecified atom stereocenters. The third-order valence-electron chi connectivity index (χ3n) is 2.47. The number of nitrogens with zero attached hydrogens (tertiary/aromatic N) is 4. The van der Waals surface area contributed by atoms with Crippen molar-refractivity contribution in [2.75, 3.05) is 17.6 Å². The van der Waals surface area contributed by atoms with Gasteiger partial charge in [-0.15, -0.1) is 5.10 Å². The van der Waals surface area contributed by atoms with Crippen molar-refractivity contribution in [3.05, 3.63) is 34.4 Å². The summed E-state index contributed by atoms with van der Waals surface area (Å²) in [6, 6.07) is 6.25. The Bertz CT molecular complexity index is 595. The number of nitro benzene ring substituents is 1. The second-order valence-electron chi connectivity index (χ2n) is 3.88. The van der Waals surface area contributed by atoms with E-state index in [1.807, 2.05) is 6.92 Å². The van der Waals surface area contributed by atoms with E-state index >= 15 is 0 Å². The van der Waals surface area contributed by atoms with Crippen LogP contribution in [0.25, 0.3) is 5.69 Å². The zero-order chi connectivity index (χ0) is 13.8. The molecule has 8 heteroatoms. The lowest BCUT2D eigenvalue weighted by atomic mass is 10.3. The van der Waals surface area contributed by atoms with Gasteiger partial charge in [-0.05, 0) is 12.5 Å². The molecule has 0 aliphatic rings. The number of hydrogen-bond donors (Lipinski definition) is 2. The Kier molecular flexibility index (Phi) is 3.60. The van der Waals surface area contributed by atoms with E-state index in [9.17, 15) is 10.1 Å². The fraction of sp³-hybridized carbons (Fsp3) is 0.273. The van der Waals surface area contributed by atoms with Crippen LogP contribution in [-0.4, -0.2) is 26.2 Å². The number of rotatable bonds is 5. The van der Waals surface area contributed by atoms with Gasteiger partial charge in [-0.1, -0.05) is 19.1 Å². The highest BCUT2D eigenvalue weighted by Gasteiger charge is 2.18. The van der Waals surface area contributed by atoms with Gasteiger partial charge < -0.3 is 11.1 Å². The van der Waals surface area contributed by atoms with E-state index in [1.54, 1.807) is 18.2 Å². The maximum absolute atomic E-state index is 11.0. The second-order valence-corrected chi connectivity index (χ2v) is 3.88. The molecule has 1 heterocycles. The lowest BCUT2D eigenvalue weighted by molar-refractivity contribution is -0.384. The lowest BCUT2D eigenvalue weighted by Crippen LogP contribution is -2.06. The molecular weight excluding hydrogens is 248 g/mol. The molecule has 0 aliphatic carbocycles. The summed E-state index contributed by atoms with van der Waals surface area (Å²) in [6.07, 6.45) is 0.917. The Balaban J connectivity index is 2.42. The van der Waals surface area contributed by atoms with E-state index in [0.717, 1.165) is 6.42 Å². The molecule has 0 bridgehead atoms. The molecule has 100 valence electrons. The van der Waals surface area contributed by atoms with E-state index in [0.29, 0.717) is 18.2 Å². The molecule has 8 nitrogen and oxygen atoms in total. The summed E-state index contributed by atoms with van der Waals surface area (Å²) >= 11 is 0. The zero-order valence-corrected chi connectivity index (χ0v) is 10.4. The van der Waals surface area contributed by atoms with Crippen molar-refractivity contribution in [2.24, 2.45) is 0 Å². The van der Waals surface area contributed by atoms with Crippen LogP contribution in [0.3, 0.4) is 0 Å². The van der Waals surface area contributed by atoms with Crippen LogP contribution >= 0.6 is 0 Å². The van der Waals surface area contributed by atoms with Crippen molar-refractivity contribution >= 4 is 17.6 Å². The van der Waals surface area contributed by atoms with Gasteiger partial charge in [0.2, 0.25) is 11.9 Å². The zero-order valence-electron chi connectivity index (χ0n) is 10.4. The Hall–Kier alpha value is -2.64. The number of nitro groups is 1. The van der Waals surface area contributed by atoms with Crippen LogP contribution in [0.5, 0.6) is 0 Å². The summed E-state index contributed by atoms with van der Waals surface area (Å²) in [5, 5.41) is 18.1. The smallest absolute Gasteiger partial charge is 0.295 e. The van der Waals surface area contributed by atoms with Gasteiger partial charge in [0, 0.05) is 12.6 Å². The van der Waals surface area contributed by atoms with Crippen LogP contribution in [0.4, 0.5) is 17.6 Å². The van der Waals surface area contributed by atoms with Crippen molar-refractivity contribution in [1.29, 1.82) is 0 Å². The quantitative estimate of drug-likeness (QED) is 0.625. The van der Waals surface area contributed by atoms with Crippen LogP contribution in [0.15, 0.2) is 24.3 Å². The molecule has 0 fully saturated rings. The number of benzene rings is 1. The van der Waals surface area contributed by atoms with Gasteiger partial charge in [0.25, 0.3) is 5.69 Å². The van der Waals surface area contributed by atoms with Crippen LogP contribution in [0, 0.1) is 10.1 Å². The predicted molar refractivity (Wildman–Crippen MR) is 71.2 cm³/mol. The Labute approximate surface area is 109 Å². The average molecular weight is 262 g/mol. The summed E-state index contributed by atoms with van der Waals surface area (Å²) in [4.78, 5) is 14.5. The van der Waals surface area contributed by atoms with Crippen molar-refractivity contribution in [1.82, 2.24) is 14.8 Å². The Morgan fingerprint density at radius 2 is 2.21 bits per heavy atom. The third kappa shape index (κ3) is 2.62. The van der Waals surface area contributed by atoms with E-state index in [1.165, 1.54) is 10.7 Å². The molecule has 0 saturated carbocycles. The molecule has 0 aliphatic heterocycles. The van der Waals surface area contributed by atoms with Gasteiger partial charge >= 0.3 is 0 Å². The monoisotopic (exact) mass is 262 g/mol. The minimum absolute atomic E-state index is 0.0684. The standard InChI is InChI=1S/C11H14N6O2/c1-2-7-13-11-14-10(12)16(15-11)8-5-3-4-6-9(8)17(18)19/h3-6H,2,7H2,1H3,(H3,12,13,14,15). The molecule has 0 atom stereocenters. The van der Waals surface area contributed by atoms with E-state index in [2.05, 4.69) is 15.4 Å². The number of aromatic nitrogens is 3. The Morgan fingerprint density at radius 1 is 1.47 bits per heavy atom. The maximum Gasteiger partial charge on any atom is 0.295 e. The van der Waals surface area contributed by atoms with Gasteiger partial charge in [0.05, 0.1) is 4.92 Å². The normalized spacial score (nSPS) is 10.4. The summed E-state index contributed by atoms with van der Waals surface area (Å²) in [5.74, 6) is 0.463. The molecule has 0 radical (unpaired) electrons. The van der Waals surface area contributed by atoms with Crippen LogP contribution in [-0.2, 0) is 0 Å². The first-order valence-corrected chi connectivity index (χ1v) is 5.83. The predicted octanol–water partition coefficient (Wildman–Crippen LogP) is 1.58.